The number of allylic oxidation sites excluding steroid dienone is 1. The zero-order valence-electron chi connectivity index (χ0n) is 21.9. The number of benzene rings is 1. The predicted octanol–water partition coefficient (Wildman–Crippen LogP) is 7.03. The monoisotopic (exact) mass is 453 g/mol. The molecule has 5 nitrogen and oxygen atoms in total. The van der Waals surface area contributed by atoms with Crippen molar-refractivity contribution in [2.24, 2.45) is 0 Å². The molecule has 1 aliphatic heterocycles. The number of esters is 1. The number of pyridine rings is 1. The summed E-state index contributed by atoms with van der Waals surface area (Å²) in [6.07, 6.45) is 5.75. The molecule has 1 fully saturated rings. The van der Waals surface area contributed by atoms with E-state index in [0.717, 1.165) is 42.3 Å². The van der Waals surface area contributed by atoms with Crippen LogP contribution in [0.25, 0.3) is 5.70 Å². The number of piperazine rings is 1. The molecule has 0 radical (unpaired) electrons. The molecule has 182 valence electrons. The van der Waals surface area contributed by atoms with Crippen LogP contribution in [0.15, 0.2) is 67.1 Å². The van der Waals surface area contributed by atoms with Crippen LogP contribution in [0.2, 0.25) is 0 Å². The second kappa shape index (κ2) is 17.5. The van der Waals surface area contributed by atoms with Crippen molar-refractivity contribution in [3.63, 3.8) is 0 Å². The van der Waals surface area contributed by atoms with Crippen molar-refractivity contribution in [3.8, 4) is 0 Å². The molecule has 0 amide bonds. The summed E-state index contributed by atoms with van der Waals surface area (Å²) >= 11 is 0. The van der Waals surface area contributed by atoms with Crippen LogP contribution in [0.3, 0.4) is 0 Å². The van der Waals surface area contributed by atoms with Crippen LogP contribution < -0.4 is 4.90 Å². The molecule has 0 saturated carbocycles. The second-order valence-corrected chi connectivity index (χ2v) is 6.32. The molecule has 3 rings (SSSR count). The average Bonchev–Trinajstić information content (AvgIpc) is 2.90. The van der Waals surface area contributed by atoms with Crippen LogP contribution in [0.1, 0.15) is 71.3 Å². The Kier molecular flexibility index (Phi) is 15.8. The lowest BCUT2D eigenvalue weighted by molar-refractivity contribution is 0.0526. The highest BCUT2D eigenvalue weighted by Crippen LogP contribution is 2.28. The maximum Gasteiger partial charge on any atom is 0.338 e. The normalized spacial score (nSPS) is 12.8. The molecule has 0 N–H and O–H groups in total. The quantitative estimate of drug-likeness (QED) is 0.455. The smallest absolute Gasteiger partial charge is 0.338 e. The summed E-state index contributed by atoms with van der Waals surface area (Å²) in [5, 5.41) is 0. The fourth-order valence-corrected chi connectivity index (χ4v) is 3.29. The topological polar surface area (TPSA) is 45.7 Å². The molecule has 1 aromatic heterocycles. The molecule has 1 aliphatic rings. The van der Waals surface area contributed by atoms with Crippen LogP contribution in [0.4, 0.5) is 5.69 Å². The number of anilines is 1. The number of hydrogen-bond acceptors (Lipinski definition) is 5. The summed E-state index contributed by atoms with van der Waals surface area (Å²) < 4.78 is 5.05. The Hall–Kier alpha value is -3.08. The van der Waals surface area contributed by atoms with E-state index in [2.05, 4.69) is 33.5 Å². The van der Waals surface area contributed by atoms with Gasteiger partial charge in [-0.15, -0.1) is 0 Å². The molecule has 33 heavy (non-hydrogen) atoms. The molecule has 0 aliphatic carbocycles. The summed E-state index contributed by atoms with van der Waals surface area (Å²) in [4.78, 5) is 20.6. The van der Waals surface area contributed by atoms with Crippen LogP contribution in [-0.4, -0.2) is 42.1 Å². The van der Waals surface area contributed by atoms with Crippen molar-refractivity contribution in [2.45, 2.75) is 55.4 Å². The van der Waals surface area contributed by atoms with Crippen molar-refractivity contribution >= 4 is 17.4 Å². The van der Waals surface area contributed by atoms with Gasteiger partial charge in [0.1, 0.15) is 0 Å². The summed E-state index contributed by atoms with van der Waals surface area (Å²) in [5.74, 6) is -0.291. The van der Waals surface area contributed by atoms with Gasteiger partial charge in [-0.3, -0.25) is 4.98 Å². The minimum atomic E-state index is -0.291. The minimum Gasteiger partial charge on any atom is -0.462 e. The van der Waals surface area contributed by atoms with Gasteiger partial charge in [-0.2, -0.15) is 0 Å². The number of rotatable bonds is 5. The van der Waals surface area contributed by atoms with Crippen molar-refractivity contribution in [1.29, 1.82) is 0 Å². The highest BCUT2D eigenvalue weighted by molar-refractivity contribution is 5.89. The van der Waals surface area contributed by atoms with E-state index in [0.29, 0.717) is 12.2 Å². The van der Waals surface area contributed by atoms with E-state index in [1.807, 2.05) is 85.0 Å². The number of aromatic nitrogens is 1. The fraction of sp³-hybridized carbons (Fsp3) is 0.429. The third kappa shape index (κ3) is 8.76. The zero-order valence-corrected chi connectivity index (χ0v) is 21.9. The first-order valence-corrected chi connectivity index (χ1v) is 12.2. The zero-order chi connectivity index (χ0) is 25.2. The van der Waals surface area contributed by atoms with Gasteiger partial charge in [0.05, 0.1) is 30.6 Å². The van der Waals surface area contributed by atoms with Crippen LogP contribution in [0, 0.1) is 0 Å². The first-order chi connectivity index (χ1) is 16.1. The van der Waals surface area contributed by atoms with E-state index in [9.17, 15) is 4.79 Å². The molecule has 2 aromatic rings. The number of hydrogen-bond donors (Lipinski definition) is 0. The van der Waals surface area contributed by atoms with E-state index in [-0.39, 0.29) is 5.97 Å². The number of carbonyl (C=O) groups is 1. The van der Waals surface area contributed by atoms with Gasteiger partial charge in [0.15, 0.2) is 0 Å². The average molecular weight is 454 g/mol. The van der Waals surface area contributed by atoms with Crippen molar-refractivity contribution in [3.05, 3.63) is 78.3 Å². The van der Waals surface area contributed by atoms with Crippen LogP contribution >= 0.6 is 0 Å². The highest BCUT2D eigenvalue weighted by atomic mass is 16.5. The van der Waals surface area contributed by atoms with Gasteiger partial charge in [0.25, 0.3) is 0 Å². The Morgan fingerprint density at radius 1 is 1.03 bits per heavy atom. The minimum absolute atomic E-state index is 0.291. The maximum atomic E-state index is 11.8. The lowest BCUT2D eigenvalue weighted by Gasteiger charge is -2.40. The first-order valence-electron chi connectivity index (χ1n) is 12.2. The summed E-state index contributed by atoms with van der Waals surface area (Å²) in [5.41, 5.74) is 4.87. The number of nitrogens with zero attached hydrogens (tertiary/aromatic N) is 3. The molecule has 2 heterocycles. The molecule has 1 saturated heterocycles. The molecule has 5 heteroatoms. The van der Waals surface area contributed by atoms with Crippen molar-refractivity contribution < 1.29 is 9.53 Å². The Balaban J connectivity index is 0.00000158. The van der Waals surface area contributed by atoms with E-state index >= 15 is 0 Å². The molecular formula is C28H43N3O2. The Bertz CT molecular complexity index is 830. The number of carbonyl (C=O) groups excluding carboxylic acids is 1. The molecule has 0 unspecified atom stereocenters. The second-order valence-electron chi connectivity index (χ2n) is 6.32. The van der Waals surface area contributed by atoms with Gasteiger partial charge in [0, 0.05) is 30.7 Å². The van der Waals surface area contributed by atoms with Gasteiger partial charge < -0.3 is 14.5 Å². The molecule has 0 bridgehead atoms. The summed E-state index contributed by atoms with van der Waals surface area (Å²) in [7, 11) is 0. The van der Waals surface area contributed by atoms with Gasteiger partial charge in [-0.25, -0.2) is 4.79 Å². The van der Waals surface area contributed by atoms with Crippen molar-refractivity contribution in [1.82, 2.24) is 9.88 Å². The molecular weight excluding hydrogens is 410 g/mol. The van der Waals surface area contributed by atoms with E-state index in [4.69, 9.17) is 4.74 Å². The standard InChI is InChI=1S/C22H25N3O2.3C2H6/c1-4-21(18-8-10-19(11-9-18)22(26)27-5-2)25-14-13-24(16-17(25)3)20-7-6-12-23-15-20;3*1-2/h4,6-12,15H,3,5,13-14,16H2,1-2H3;3*1-2H3/b21-4-;;;. The lowest BCUT2D eigenvalue weighted by Crippen LogP contribution is -2.43. The van der Waals surface area contributed by atoms with Gasteiger partial charge >= 0.3 is 5.97 Å². The van der Waals surface area contributed by atoms with Crippen LogP contribution in [0.5, 0.6) is 0 Å². The highest BCUT2D eigenvalue weighted by Gasteiger charge is 2.23. The maximum absolute atomic E-state index is 11.8. The van der Waals surface area contributed by atoms with E-state index in [1.54, 1.807) is 13.1 Å². The van der Waals surface area contributed by atoms with E-state index in [1.165, 1.54) is 0 Å². The lowest BCUT2D eigenvalue weighted by atomic mass is 10.1. The fourth-order valence-electron chi connectivity index (χ4n) is 3.29. The molecule has 1 aromatic carbocycles. The molecule has 0 spiro atoms. The van der Waals surface area contributed by atoms with E-state index < -0.39 is 0 Å². The Morgan fingerprint density at radius 2 is 1.64 bits per heavy atom. The third-order valence-electron chi connectivity index (χ3n) is 4.62. The first kappa shape index (κ1) is 29.9. The predicted molar refractivity (Wildman–Crippen MR) is 142 cm³/mol. The summed E-state index contributed by atoms with van der Waals surface area (Å²) in [6, 6.07) is 11.6. The summed E-state index contributed by atoms with van der Waals surface area (Å²) in [6.45, 7) is 23.0. The van der Waals surface area contributed by atoms with Gasteiger partial charge in [0.2, 0.25) is 0 Å². The number of ether oxygens (including phenoxy) is 1. The SMILES string of the molecule is C=C1CN(c2cccnc2)CCN1/C(=C\C)c1ccc(C(=O)OCC)cc1.CC.CC.CC. The Morgan fingerprint density at radius 3 is 2.12 bits per heavy atom. The van der Waals surface area contributed by atoms with Gasteiger partial charge in [-0.05, 0) is 43.7 Å². The largest absolute Gasteiger partial charge is 0.462 e. The Labute approximate surface area is 201 Å². The van der Waals surface area contributed by atoms with Gasteiger partial charge in [-0.1, -0.05) is 66.3 Å². The van der Waals surface area contributed by atoms with Crippen molar-refractivity contribution in [2.75, 3.05) is 31.1 Å². The van der Waals surface area contributed by atoms with Crippen LogP contribution in [-0.2, 0) is 4.74 Å². The molecule has 0 atom stereocenters. The third-order valence-corrected chi connectivity index (χ3v) is 4.62.